The minimum atomic E-state index is -0.348. The first-order valence-electron chi connectivity index (χ1n) is 2.83. The molecule has 0 radical (unpaired) electrons. The zero-order chi connectivity index (χ0) is 8.59. The molecule has 11 heavy (non-hydrogen) atoms. The van der Waals surface area contributed by atoms with Crippen molar-refractivity contribution < 1.29 is 4.39 Å². The summed E-state index contributed by atoms with van der Waals surface area (Å²) in [5.41, 5.74) is 0.888. The fourth-order valence-electron chi connectivity index (χ4n) is 0.691. The van der Waals surface area contributed by atoms with Crippen LogP contribution in [0.5, 0.6) is 0 Å². The molecule has 4 heteroatoms. The molecule has 1 aromatic carbocycles. The van der Waals surface area contributed by atoms with Crippen LogP contribution in [0.2, 0.25) is 5.02 Å². The normalized spacial score (nSPS) is 10.3. The third-order valence-corrected chi connectivity index (χ3v) is 3.83. The first-order chi connectivity index (χ1) is 5.04. The molecule has 0 nitrogen and oxygen atoms in total. The number of halogens is 4. The monoisotopic (exact) mass is 348 g/mol. The molecule has 0 bridgehead atoms. The van der Waals surface area contributed by atoms with E-state index in [0.29, 0.717) is 8.04 Å². The highest BCUT2D eigenvalue weighted by Gasteiger charge is 2.10. The largest absolute Gasteiger partial charge is 0.204 e. The summed E-state index contributed by atoms with van der Waals surface area (Å²) in [6.45, 7) is 1.84. The lowest BCUT2D eigenvalue weighted by atomic mass is 10.2. The molecule has 0 unspecified atom stereocenters. The first kappa shape index (κ1) is 9.74. The molecule has 1 rings (SSSR count). The molecule has 0 aliphatic rings. The van der Waals surface area contributed by atoms with Crippen molar-refractivity contribution in [2.24, 2.45) is 0 Å². The van der Waals surface area contributed by atoms with E-state index in [-0.39, 0.29) is 10.8 Å². The Hall–Kier alpha value is 0.650. The smallest absolute Gasteiger partial charge is 0.156 e. The molecule has 60 valence electrons. The SMILES string of the molecule is Cc1cc(Br)c(Cl)c(F)c1I. The van der Waals surface area contributed by atoms with E-state index < -0.39 is 0 Å². The number of rotatable bonds is 0. The molecule has 0 N–H and O–H groups in total. The van der Waals surface area contributed by atoms with Crippen molar-refractivity contribution >= 4 is 50.1 Å². The number of aryl methyl sites for hydroxylation is 1. The van der Waals surface area contributed by atoms with Gasteiger partial charge in [-0.25, -0.2) is 4.39 Å². The highest BCUT2D eigenvalue weighted by Crippen LogP contribution is 2.30. The summed E-state index contributed by atoms with van der Waals surface area (Å²) in [5, 5.41) is 0.153. The highest BCUT2D eigenvalue weighted by molar-refractivity contribution is 14.1. The van der Waals surface area contributed by atoms with Crippen molar-refractivity contribution in [3.63, 3.8) is 0 Å². The highest BCUT2D eigenvalue weighted by atomic mass is 127. The molecule has 0 aliphatic heterocycles. The number of hydrogen-bond acceptors (Lipinski definition) is 0. The van der Waals surface area contributed by atoms with Crippen LogP contribution in [0, 0.1) is 16.3 Å². The molecule has 0 saturated carbocycles. The summed E-state index contributed by atoms with van der Waals surface area (Å²) in [6.07, 6.45) is 0. The van der Waals surface area contributed by atoms with Crippen LogP contribution in [0.4, 0.5) is 4.39 Å². The zero-order valence-electron chi connectivity index (χ0n) is 5.59. The molecule has 0 aliphatic carbocycles. The fraction of sp³-hybridized carbons (Fsp3) is 0.143. The molecular weight excluding hydrogens is 345 g/mol. The maximum atomic E-state index is 13.1. The van der Waals surface area contributed by atoms with Crippen LogP contribution < -0.4 is 0 Å². The van der Waals surface area contributed by atoms with E-state index in [1.165, 1.54) is 0 Å². The van der Waals surface area contributed by atoms with Crippen molar-refractivity contribution in [1.29, 1.82) is 0 Å². The summed E-state index contributed by atoms with van der Waals surface area (Å²) in [7, 11) is 0. The lowest BCUT2D eigenvalue weighted by Crippen LogP contribution is -1.88. The summed E-state index contributed by atoms with van der Waals surface area (Å²) < 4.78 is 14.3. The maximum Gasteiger partial charge on any atom is 0.156 e. The topological polar surface area (TPSA) is 0 Å². The molecule has 1 aromatic rings. The van der Waals surface area contributed by atoms with Gasteiger partial charge >= 0.3 is 0 Å². The molecule has 0 spiro atoms. The second-order valence-corrected chi connectivity index (χ2v) is 4.43. The van der Waals surface area contributed by atoms with Crippen LogP contribution in [0.1, 0.15) is 5.56 Å². The molecule has 0 atom stereocenters. The van der Waals surface area contributed by atoms with Crippen molar-refractivity contribution in [2.75, 3.05) is 0 Å². The minimum absolute atomic E-state index is 0.153. The van der Waals surface area contributed by atoms with E-state index in [4.69, 9.17) is 11.6 Å². The maximum absolute atomic E-state index is 13.1. The van der Waals surface area contributed by atoms with Gasteiger partial charge in [0.25, 0.3) is 0 Å². The predicted octanol–water partition coefficient (Wildman–Crippen LogP) is 4.15. The second kappa shape index (κ2) is 3.58. The predicted molar refractivity (Wildman–Crippen MR) is 56.6 cm³/mol. The van der Waals surface area contributed by atoms with Gasteiger partial charge in [0.15, 0.2) is 5.82 Å². The summed E-state index contributed by atoms with van der Waals surface area (Å²) in [5.74, 6) is -0.348. The Balaban J connectivity index is 3.46. The molecule has 0 aromatic heterocycles. The van der Waals surface area contributed by atoms with Gasteiger partial charge in [0.05, 0.1) is 8.59 Å². The molecule has 0 heterocycles. The van der Waals surface area contributed by atoms with Gasteiger partial charge in [0, 0.05) is 4.47 Å². The third kappa shape index (κ3) is 1.87. The van der Waals surface area contributed by atoms with Gasteiger partial charge < -0.3 is 0 Å². The Kier molecular flexibility index (Phi) is 3.17. The van der Waals surface area contributed by atoms with Crippen molar-refractivity contribution in [1.82, 2.24) is 0 Å². The van der Waals surface area contributed by atoms with E-state index in [1.807, 2.05) is 29.5 Å². The second-order valence-electron chi connectivity index (χ2n) is 2.12. The Morgan fingerprint density at radius 1 is 1.64 bits per heavy atom. The van der Waals surface area contributed by atoms with E-state index >= 15 is 0 Å². The quantitative estimate of drug-likeness (QED) is 0.375. The van der Waals surface area contributed by atoms with E-state index in [0.717, 1.165) is 5.56 Å². The van der Waals surface area contributed by atoms with Crippen molar-refractivity contribution in [3.8, 4) is 0 Å². The summed E-state index contributed by atoms with van der Waals surface area (Å²) in [6, 6.07) is 1.80. The first-order valence-corrected chi connectivity index (χ1v) is 5.08. The molecule has 0 amide bonds. The van der Waals surface area contributed by atoms with Gasteiger partial charge in [-0.2, -0.15) is 0 Å². The standard InChI is InChI=1S/C7H4BrClFI/c1-3-2-4(8)5(9)6(10)7(3)11/h2H,1H3. The van der Waals surface area contributed by atoms with Crippen LogP contribution in [0.25, 0.3) is 0 Å². The number of hydrogen-bond donors (Lipinski definition) is 0. The van der Waals surface area contributed by atoms with Crippen LogP contribution >= 0.6 is 50.1 Å². The zero-order valence-corrected chi connectivity index (χ0v) is 10.1. The van der Waals surface area contributed by atoms with Gasteiger partial charge in [-0.1, -0.05) is 11.6 Å². The Morgan fingerprint density at radius 2 is 2.18 bits per heavy atom. The summed E-state index contributed by atoms with van der Waals surface area (Å²) in [4.78, 5) is 0. The van der Waals surface area contributed by atoms with Crippen molar-refractivity contribution in [3.05, 3.63) is 30.5 Å². The average Bonchev–Trinajstić information content (AvgIpc) is 1.97. The Morgan fingerprint density at radius 3 is 2.73 bits per heavy atom. The van der Waals surface area contributed by atoms with Crippen LogP contribution in [-0.2, 0) is 0 Å². The fourth-order valence-corrected chi connectivity index (χ4v) is 1.94. The average molecular weight is 349 g/mol. The van der Waals surface area contributed by atoms with Gasteiger partial charge in [-0.15, -0.1) is 0 Å². The van der Waals surface area contributed by atoms with Gasteiger partial charge in [-0.05, 0) is 57.1 Å². The summed E-state index contributed by atoms with van der Waals surface area (Å²) >= 11 is 10.7. The number of benzene rings is 1. The van der Waals surface area contributed by atoms with E-state index in [1.54, 1.807) is 6.07 Å². The van der Waals surface area contributed by atoms with Crippen LogP contribution in [0.15, 0.2) is 10.5 Å². The van der Waals surface area contributed by atoms with Crippen LogP contribution in [-0.4, -0.2) is 0 Å². The van der Waals surface area contributed by atoms with E-state index in [9.17, 15) is 4.39 Å². The molecular formula is C7H4BrClFI. The lowest BCUT2D eigenvalue weighted by Gasteiger charge is -2.03. The van der Waals surface area contributed by atoms with Crippen LogP contribution in [0.3, 0.4) is 0 Å². The van der Waals surface area contributed by atoms with Crippen molar-refractivity contribution in [2.45, 2.75) is 6.92 Å². The minimum Gasteiger partial charge on any atom is -0.204 e. The lowest BCUT2D eigenvalue weighted by molar-refractivity contribution is 0.618. The van der Waals surface area contributed by atoms with E-state index in [2.05, 4.69) is 15.9 Å². The Labute approximate surface area is 91.4 Å². The third-order valence-electron chi connectivity index (χ3n) is 1.28. The van der Waals surface area contributed by atoms with Gasteiger partial charge in [0.2, 0.25) is 0 Å². The molecule has 0 fully saturated rings. The molecule has 0 saturated heterocycles. The van der Waals surface area contributed by atoms with Gasteiger partial charge in [0.1, 0.15) is 0 Å². The van der Waals surface area contributed by atoms with Gasteiger partial charge in [-0.3, -0.25) is 0 Å². The Bertz CT molecular complexity index is 275.